The maximum absolute atomic E-state index is 12.8. The van der Waals surface area contributed by atoms with E-state index in [0.29, 0.717) is 12.8 Å². The van der Waals surface area contributed by atoms with Crippen LogP contribution in [0.2, 0.25) is 18.1 Å². The smallest absolute Gasteiger partial charge is 0.326 e. The zero-order valence-corrected chi connectivity index (χ0v) is 14.9. The average molecular weight is 299 g/mol. The van der Waals surface area contributed by atoms with Crippen LogP contribution in [0.5, 0.6) is 0 Å². The summed E-state index contributed by atoms with van der Waals surface area (Å²) in [5.74, 6) is -0.773. The number of hydrogen-bond acceptors (Lipinski definition) is 2. The highest BCUT2D eigenvalue weighted by Gasteiger charge is 2.67. The lowest BCUT2D eigenvalue weighted by Crippen LogP contribution is -2.79. The molecule has 1 fully saturated rings. The first kappa shape index (κ1) is 17.2. The Labute approximate surface area is 123 Å². The van der Waals surface area contributed by atoms with Crippen LogP contribution in [-0.4, -0.2) is 35.8 Å². The van der Waals surface area contributed by atoms with Gasteiger partial charge in [-0.3, -0.25) is 4.79 Å². The third kappa shape index (κ3) is 2.20. The van der Waals surface area contributed by atoms with Crippen molar-refractivity contribution < 1.29 is 14.7 Å². The molecule has 0 bridgehead atoms. The molecule has 1 amide bonds. The fourth-order valence-corrected chi connectivity index (χ4v) is 5.61. The Morgan fingerprint density at radius 1 is 1.35 bits per heavy atom. The first-order chi connectivity index (χ1) is 8.97. The van der Waals surface area contributed by atoms with Gasteiger partial charge in [0.15, 0.2) is 8.24 Å². The zero-order chi connectivity index (χ0) is 15.9. The lowest BCUT2D eigenvalue weighted by atomic mass is 9.67. The number of rotatable bonds is 5. The molecule has 0 aromatic rings. The van der Waals surface area contributed by atoms with Crippen LogP contribution in [0, 0.1) is 5.41 Å². The molecule has 0 unspecified atom stereocenters. The molecule has 1 heterocycles. The number of nitrogens with zero attached hydrogens (tertiary/aromatic N) is 1. The number of carbonyl (C=O) groups is 2. The SMILES string of the molecule is CCC[C@]1(CC)C(=O)N([Si](C)(C)C(C)(C)C)[C@H]1C(=O)O. The van der Waals surface area contributed by atoms with Gasteiger partial charge in [-0.15, -0.1) is 0 Å². The second-order valence-electron chi connectivity index (χ2n) is 7.48. The van der Waals surface area contributed by atoms with Gasteiger partial charge in [0, 0.05) is 0 Å². The van der Waals surface area contributed by atoms with E-state index < -0.39 is 25.7 Å². The Bertz CT molecular complexity index is 414. The molecular weight excluding hydrogens is 270 g/mol. The fourth-order valence-electron chi connectivity index (χ4n) is 3.15. The Kier molecular flexibility index (Phi) is 4.45. The molecule has 1 aliphatic rings. The van der Waals surface area contributed by atoms with E-state index in [2.05, 4.69) is 33.9 Å². The van der Waals surface area contributed by atoms with Crippen LogP contribution in [0.3, 0.4) is 0 Å². The summed E-state index contributed by atoms with van der Waals surface area (Å²) in [6.45, 7) is 14.5. The molecule has 2 atom stereocenters. The third-order valence-corrected chi connectivity index (χ3v) is 10.8. The molecule has 0 spiro atoms. The quantitative estimate of drug-likeness (QED) is 0.624. The van der Waals surface area contributed by atoms with Crippen LogP contribution in [0.4, 0.5) is 0 Å². The molecule has 0 saturated carbocycles. The average Bonchev–Trinajstić information content (AvgIpc) is 2.29. The van der Waals surface area contributed by atoms with Gasteiger partial charge in [-0.2, -0.15) is 0 Å². The summed E-state index contributed by atoms with van der Waals surface area (Å²) >= 11 is 0. The van der Waals surface area contributed by atoms with E-state index in [-0.39, 0.29) is 10.9 Å². The number of carbonyl (C=O) groups excluding carboxylic acids is 1. The van der Waals surface area contributed by atoms with Crippen molar-refractivity contribution in [1.29, 1.82) is 0 Å². The third-order valence-electron chi connectivity index (χ3n) is 5.42. The standard InChI is InChI=1S/C15H29NO3Si/c1-8-10-15(9-2)11(12(17)18)16(13(15)19)20(6,7)14(3,4)5/h11H,8-10H2,1-7H3,(H,17,18)/t11-,15-/m0/s1. The summed E-state index contributed by atoms with van der Waals surface area (Å²) in [7, 11) is -2.14. The minimum absolute atomic E-state index is 0.0392. The Morgan fingerprint density at radius 2 is 1.85 bits per heavy atom. The highest BCUT2D eigenvalue weighted by atomic mass is 28.3. The molecule has 0 radical (unpaired) electrons. The lowest BCUT2D eigenvalue weighted by Gasteiger charge is -2.62. The number of aliphatic carboxylic acids is 1. The number of hydrogen-bond donors (Lipinski definition) is 1. The van der Waals surface area contributed by atoms with Crippen molar-refractivity contribution in [3.8, 4) is 0 Å². The van der Waals surface area contributed by atoms with Crippen LogP contribution in [0.25, 0.3) is 0 Å². The summed E-state index contributed by atoms with van der Waals surface area (Å²) in [5, 5.41) is 9.63. The molecule has 5 heteroatoms. The van der Waals surface area contributed by atoms with Crippen LogP contribution in [0.15, 0.2) is 0 Å². The highest BCUT2D eigenvalue weighted by Crippen LogP contribution is 2.53. The molecule has 0 aromatic heterocycles. The van der Waals surface area contributed by atoms with Crippen LogP contribution in [-0.2, 0) is 9.59 Å². The normalized spacial score (nSPS) is 27.4. The first-order valence-corrected chi connectivity index (χ1v) is 10.5. The second kappa shape index (κ2) is 5.17. The molecule has 0 aliphatic carbocycles. The zero-order valence-electron chi connectivity index (χ0n) is 13.9. The van der Waals surface area contributed by atoms with E-state index in [1.165, 1.54) is 0 Å². The predicted molar refractivity (Wildman–Crippen MR) is 83.1 cm³/mol. The molecule has 0 aromatic carbocycles. The minimum Gasteiger partial charge on any atom is -0.480 e. The van der Waals surface area contributed by atoms with Gasteiger partial charge in [0.1, 0.15) is 6.04 Å². The van der Waals surface area contributed by atoms with Gasteiger partial charge in [0.05, 0.1) is 5.41 Å². The number of carboxylic acids is 1. The Balaban J connectivity index is 3.26. The highest BCUT2D eigenvalue weighted by molar-refractivity contribution is 6.80. The molecule has 116 valence electrons. The lowest BCUT2D eigenvalue weighted by molar-refractivity contribution is -0.177. The molecule has 20 heavy (non-hydrogen) atoms. The van der Waals surface area contributed by atoms with Crippen molar-refractivity contribution in [2.75, 3.05) is 0 Å². The van der Waals surface area contributed by atoms with Gasteiger partial charge in [-0.25, -0.2) is 4.79 Å². The van der Waals surface area contributed by atoms with Gasteiger partial charge < -0.3 is 9.67 Å². The van der Waals surface area contributed by atoms with Gasteiger partial charge in [0.2, 0.25) is 5.91 Å². The second-order valence-corrected chi connectivity index (χ2v) is 12.6. The van der Waals surface area contributed by atoms with Crippen LogP contribution < -0.4 is 0 Å². The van der Waals surface area contributed by atoms with Crippen molar-refractivity contribution in [3.05, 3.63) is 0 Å². The van der Waals surface area contributed by atoms with Crippen molar-refractivity contribution in [3.63, 3.8) is 0 Å². The topological polar surface area (TPSA) is 57.6 Å². The summed E-state index contributed by atoms with van der Waals surface area (Å²) in [4.78, 5) is 24.6. The largest absolute Gasteiger partial charge is 0.480 e. The van der Waals surface area contributed by atoms with E-state index in [1.54, 1.807) is 4.57 Å². The van der Waals surface area contributed by atoms with E-state index in [0.717, 1.165) is 6.42 Å². The van der Waals surface area contributed by atoms with Crippen LogP contribution in [0.1, 0.15) is 53.9 Å². The van der Waals surface area contributed by atoms with E-state index in [4.69, 9.17) is 0 Å². The summed E-state index contributed by atoms with van der Waals surface area (Å²) in [6.07, 6.45) is 2.13. The maximum Gasteiger partial charge on any atom is 0.326 e. The van der Waals surface area contributed by atoms with Crippen molar-refractivity contribution >= 4 is 20.1 Å². The first-order valence-electron chi connectivity index (χ1n) is 7.54. The maximum atomic E-state index is 12.8. The van der Waals surface area contributed by atoms with E-state index in [1.807, 2.05) is 13.8 Å². The van der Waals surface area contributed by atoms with Crippen molar-refractivity contribution in [2.45, 2.75) is 78.1 Å². The van der Waals surface area contributed by atoms with Gasteiger partial charge in [-0.05, 0) is 17.9 Å². The van der Waals surface area contributed by atoms with Gasteiger partial charge >= 0.3 is 5.97 Å². The molecule has 1 rings (SSSR count). The van der Waals surface area contributed by atoms with Gasteiger partial charge in [0.25, 0.3) is 0 Å². The molecule has 4 nitrogen and oxygen atoms in total. The summed E-state index contributed by atoms with van der Waals surface area (Å²) in [5.41, 5.74) is -0.671. The van der Waals surface area contributed by atoms with Crippen LogP contribution >= 0.6 is 0 Å². The van der Waals surface area contributed by atoms with Crippen molar-refractivity contribution in [2.24, 2.45) is 5.41 Å². The molecule has 1 N–H and O–H groups in total. The van der Waals surface area contributed by atoms with Crippen molar-refractivity contribution in [1.82, 2.24) is 4.57 Å². The number of carboxylic acid groups (broad SMARTS) is 1. The van der Waals surface area contributed by atoms with Gasteiger partial charge in [-0.1, -0.05) is 54.1 Å². The Morgan fingerprint density at radius 3 is 2.15 bits per heavy atom. The van der Waals surface area contributed by atoms with E-state index in [9.17, 15) is 14.7 Å². The number of β-lactam (4-membered cyclic amide) rings is 1. The minimum atomic E-state index is -2.14. The fraction of sp³-hybridized carbons (Fsp3) is 0.867. The number of amides is 1. The monoisotopic (exact) mass is 299 g/mol. The molecule has 1 aliphatic heterocycles. The molecule has 1 saturated heterocycles. The summed E-state index contributed by atoms with van der Waals surface area (Å²) in [6, 6.07) is -0.638. The molecular formula is C15H29NO3Si. The summed E-state index contributed by atoms with van der Waals surface area (Å²) < 4.78 is 1.74. The Hall–Kier alpha value is -0.843. The van der Waals surface area contributed by atoms with E-state index >= 15 is 0 Å². The predicted octanol–water partition coefficient (Wildman–Crippen LogP) is 3.48.